The summed E-state index contributed by atoms with van der Waals surface area (Å²) >= 11 is 0. The molecule has 0 aromatic heterocycles. The number of carbonyl (C=O) groups is 1. The van der Waals surface area contributed by atoms with Crippen LogP contribution in [0.3, 0.4) is 0 Å². The SMILES string of the molecule is COP(OCCOCCOOO/C=C\CCC(=O)O[C@H]1CC[C@@]2(C)C(=CCC3C4CCC([C@@H](C)CCCC(C)C)[C@@]4(C)CCC32)C1)N(C(C)C)C(C)C. The predicted molar refractivity (Wildman–Crippen MR) is 212 cm³/mol. The van der Waals surface area contributed by atoms with Crippen molar-refractivity contribution in [3.63, 3.8) is 0 Å². The third kappa shape index (κ3) is 12.0. The minimum absolute atomic E-state index is 0.0160. The Morgan fingerprint density at radius 2 is 1.70 bits per heavy atom. The topological polar surface area (TPSA) is 84.9 Å². The van der Waals surface area contributed by atoms with E-state index in [1.165, 1.54) is 57.6 Å². The number of fused-ring (bicyclic) bond motifs is 5. The Labute approximate surface area is 324 Å². The van der Waals surface area contributed by atoms with E-state index < -0.39 is 8.53 Å². The zero-order valence-corrected chi connectivity index (χ0v) is 36.0. The van der Waals surface area contributed by atoms with Gasteiger partial charge in [-0.05, 0) is 137 Å². The molecule has 9 nitrogen and oxygen atoms in total. The Morgan fingerprint density at radius 3 is 2.42 bits per heavy atom. The van der Waals surface area contributed by atoms with E-state index in [9.17, 15) is 4.79 Å². The van der Waals surface area contributed by atoms with Crippen LogP contribution in [0.5, 0.6) is 0 Å². The van der Waals surface area contributed by atoms with Gasteiger partial charge in [-0.1, -0.05) is 65.5 Å². The summed E-state index contributed by atoms with van der Waals surface area (Å²) in [5, 5.41) is 4.73. The number of allylic oxidation sites excluding steroid dienone is 2. The molecule has 0 amide bonds. The van der Waals surface area contributed by atoms with Gasteiger partial charge in [-0.3, -0.25) is 4.79 Å². The first kappa shape index (κ1) is 44.7. The van der Waals surface area contributed by atoms with Crippen LogP contribution >= 0.6 is 8.53 Å². The molecule has 4 rings (SSSR count). The highest BCUT2D eigenvalue weighted by molar-refractivity contribution is 7.44. The van der Waals surface area contributed by atoms with E-state index >= 15 is 0 Å². The summed E-state index contributed by atoms with van der Waals surface area (Å²) in [6, 6.07) is 0.647. The lowest BCUT2D eigenvalue weighted by Gasteiger charge is -2.58. The molecule has 0 spiro atoms. The smallest absolute Gasteiger partial charge is 0.306 e. The molecule has 4 aliphatic rings. The minimum Gasteiger partial charge on any atom is -0.462 e. The zero-order valence-electron chi connectivity index (χ0n) is 35.1. The van der Waals surface area contributed by atoms with Gasteiger partial charge in [0.25, 0.3) is 8.53 Å². The van der Waals surface area contributed by atoms with Crippen molar-refractivity contribution in [2.75, 3.05) is 33.5 Å². The van der Waals surface area contributed by atoms with Gasteiger partial charge in [0.1, 0.15) is 19.0 Å². The lowest BCUT2D eigenvalue weighted by molar-refractivity contribution is -0.491. The van der Waals surface area contributed by atoms with E-state index in [1.807, 2.05) is 0 Å². The molecular formula is C43H76NO8P. The molecule has 0 bridgehead atoms. The number of carbonyl (C=O) groups excluding carboxylic acids is 1. The van der Waals surface area contributed by atoms with Crippen LogP contribution in [0.25, 0.3) is 0 Å². The summed E-state index contributed by atoms with van der Waals surface area (Å²) in [6.45, 7) is 22.4. The fourth-order valence-corrected chi connectivity index (χ4v) is 12.4. The van der Waals surface area contributed by atoms with Crippen LogP contribution in [0.4, 0.5) is 0 Å². The van der Waals surface area contributed by atoms with Crippen LogP contribution in [-0.4, -0.2) is 62.4 Å². The number of esters is 1. The Bertz CT molecular complexity index is 1160. The Balaban J connectivity index is 1.08. The van der Waals surface area contributed by atoms with Crippen LogP contribution in [-0.2, 0) is 38.1 Å². The van der Waals surface area contributed by atoms with Crippen molar-refractivity contribution >= 4 is 14.5 Å². The van der Waals surface area contributed by atoms with Gasteiger partial charge in [0, 0.05) is 32.0 Å². The van der Waals surface area contributed by atoms with Crippen molar-refractivity contribution in [1.29, 1.82) is 0 Å². The molecule has 10 heteroatoms. The van der Waals surface area contributed by atoms with Crippen LogP contribution in [0.1, 0.15) is 146 Å². The third-order valence-electron chi connectivity index (χ3n) is 13.5. The Kier molecular flexibility index (Phi) is 18.1. The maximum atomic E-state index is 12.7. The minimum atomic E-state index is -1.12. The Morgan fingerprint density at radius 1 is 0.943 bits per heavy atom. The molecule has 0 aromatic carbocycles. The molecular weight excluding hydrogens is 689 g/mol. The summed E-state index contributed by atoms with van der Waals surface area (Å²) in [4.78, 5) is 22.7. The van der Waals surface area contributed by atoms with Gasteiger partial charge in [0.2, 0.25) is 0 Å². The van der Waals surface area contributed by atoms with E-state index in [0.717, 1.165) is 54.8 Å². The quantitative estimate of drug-likeness (QED) is 0.0192. The fourth-order valence-electron chi connectivity index (χ4n) is 10.9. The first-order valence-corrected chi connectivity index (χ1v) is 22.3. The van der Waals surface area contributed by atoms with Gasteiger partial charge in [-0.15, -0.1) is 0 Å². The lowest BCUT2D eigenvalue weighted by Crippen LogP contribution is -2.51. The third-order valence-corrected chi connectivity index (χ3v) is 15.5. The number of rotatable bonds is 23. The predicted octanol–water partition coefficient (Wildman–Crippen LogP) is 11.1. The second kappa shape index (κ2) is 21.5. The van der Waals surface area contributed by atoms with E-state index in [-0.39, 0.29) is 24.1 Å². The lowest BCUT2D eigenvalue weighted by atomic mass is 9.47. The molecule has 3 fully saturated rings. The molecule has 4 aliphatic carbocycles. The summed E-state index contributed by atoms with van der Waals surface area (Å²) in [6.07, 6.45) is 20.5. The van der Waals surface area contributed by atoms with E-state index in [4.69, 9.17) is 33.3 Å². The number of hydrogen-bond acceptors (Lipinski definition) is 9. The molecule has 0 N–H and O–H groups in total. The molecule has 0 aromatic rings. The summed E-state index contributed by atoms with van der Waals surface area (Å²) in [7, 11) is 0.548. The monoisotopic (exact) mass is 766 g/mol. The number of hydrogen-bond donors (Lipinski definition) is 0. The van der Waals surface area contributed by atoms with Gasteiger partial charge in [-0.2, -0.15) is 4.89 Å². The van der Waals surface area contributed by atoms with Crippen molar-refractivity contribution in [3.05, 3.63) is 24.0 Å². The molecule has 3 saturated carbocycles. The van der Waals surface area contributed by atoms with Crippen molar-refractivity contribution in [3.8, 4) is 0 Å². The van der Waals surface area contributed by atoms with E-state index in [2.05, 4.69) is 73.1 Å². The zero-order chi connectivity index (χ0) is 38.6. The molecule has 5 unspecified atom stereocenters. The van der Waals surface area contributed by atoms with Crippen molar-refractivity contribution < 1.29 is 38.1 Å². The van der Waals surface area contributed by atoms with Gasteiger partial charge in [0.05, 0.1) is 19.8 Å². The molecule has 53 heavy (non-hydrogen) atoms. The van der Waals surface area contributed by atoms with Gasteiger partial charge < -0.3 is 23.4 Å². The standard InChI is InChI=1S/C43H76NO8P/c1-31(2)14-13-15-34(7)38-19-20-39-37-18-17-35-30-36(21-23-42(35,8)40(37)22-24-43(38,39)9)51-41(45)16-11-12-25-48-52-49-28-26-47-27-29-50-53(46-10)44(32(3)4)33(5)6/h12,17,25,31-34,36-40H,11,13-16,18-24,26-30H2,1-10H3/b25-12-/t34-,36-,37?,38?,39?,40?,42-,43+,53?/m0/s1. The molecule has 0 radical (unpaired) electrons. The average molecular weight is 766 g/mol. The molecule has 9 atom stereocenters. The van der Waals surface area contributed by atoms with Gasteiger partial charge in [-0.25, -0.2) is 4.67 Å². The van der Waals surface area contributed by atoms with Crippen molar-refractivity contribution in [2.24, 2.45) is 46.3 Å². The maximum Gasteiger partial charge on any atom is 0.306 e. The van der Waals surface area contributed by atoms with E-state index in [1.54, 1.807) is 18.8 Å². The fraction of sp³-hybridized carbons (Fsp3) is 0.884. The summed E-state index contributed by atoms with van der Waals surface area (Å²) in [5.74, 6) is 4.85. The molecule has 0 heterocycles. The van der Waals surface area contributed by atoms with Crippen LogP contribution in [0.15, 0.2) is 24.0 Å². The van der Waals surface area contributed by atoms with Crippen molar-refractivity contribution in [2.45, 2.75) is 164 Å². The average Bonchev–Trinajstić information content (AvgIpc) is 3.46. The summed E-state index contributed by atoms with van der Waals surface area (Å²) < 4.78 is 25.2. The molecule has 0 aliphatic heterocycles. The summed E-state index contributed by atoms with van der Waals surface area (Å²) in [5.41, 5.74) is 2.33. The Hall–Kier alpha value is -1.06. The largest absolute Gasteiger partial charge is 0.462 e. The first-order chi connectivity index (χ1) is 25.3. The van der Waals surface area contributed by atoms with E-state index in [0.29, 0.717) is 50.2 Å². The second-order valence-electron chi connectivity index (χ2n) is 18.0. The molecule has 0 saturated heterocycles. The number of nitrogens with zero attached hydrogens (tertiary/aromatic N) is 1. The highest BCUT2D eigenvalue weighted by atomic mass is 31.2. The second-order valence-corrected chi connectivity index (χ2v) is 19.5. The maximum absolute atomic E-state index is 12.7. The normalized spacial score (nSPS) is 31.1. The van der Waals surface area contributed by atoms with Crippen LogP contribution in [0.2, 0.25) is 0 Å². The van der Waals surface area contributed by atoms with Crippen LogP contribution < -0.4 is 0 Å². The number of ether oxygens (including phenoxy) is 2. The highest BCUT2D eigenvalue weighted by Gasteiger charge is 2.59. The van der Waals surface area contributed by atoms with Gasteiger partial charge in [0.15, 0.2) is 0 Å². The van der Waals surface area contributed by atoms with Crippen LogP contribution in [0, 0.1) is 46.3 Å². The molecule has 306 valence electrons. The highest BCUT2D eigenvalue weighted by Crippen LogP contribution is 2.67. The van der Waals surface area contributed by atoms with Gasteiger partial charge >= 0.3 is 5.97 Å². The first-order valence-electron chi connectivity index (χ1n) is 21.1. The van der Waals surface area contributed by atoms with Crippen molar-refractivity contribution in [1.82, 2.24) is 4.67 Å².